The van der Waals surface area contributed by atoms with Crippen LogP contribution in [0.25, 0.3) is 0 Å². The molecule has 0 aromatic carbocycles. The normalized spacial score (nSPS) is 12.6. The molecule has 0 rings (SSSR count). The molecule has 0 saturated carbocycles. The number of allylic oxidation sites excluding steroid dienone is 2. The van der Waals surface area contributed by atoms with Crippen LogP contribution in [-0.4, -0.2) is 28.7 Å². The van der Waals surface area contributed by atoms with Gasteiger partial charge < -0.3 is 4.90 Å². The SMILES string of the molecule is C/C=C/CN(C/C=C/C)C(=O)C(F)(F)Br. The van der Waals surface area contributed by atoms with Crippen LogP contribution in [0.5, 0.6) is 0 Å². The number of hydrogen-bond acceptors (Lipinski definition) is 1. The lowest BCUT2D eigenvalue weighted by molar-refractivity contribution is -0.144. The van der Waals surface area contributed by atoms with Crippen LogP contribution in [0.15, 0.2) is 24.3 Å². The Bertz CT molecular complexity index is 245. The molecule has 0 fully saturated rings. The zero-order valence-electron chi connectivity index (χ0n) is 8.71. The summed E-state index contributed by atoms with van der Waals surface area (Å²) < 4.78 is 25.4. The van der Waals surface area contributed by atoms with Gasteiger partial charge in [-0.1, -0.05) is 24.3 Å². The summed E-state index contributed by atoms with van der Waals surface area (Å²) in [5, 5.41) is 0. The van der Waals surface area contributed by atoms with E-state index in [1.807, 2.05) is 0 Å². The number of nitrogens with zero attached hydrogens (tertiary/aromatic N) is 1. The molecule has 0 heterocycles. The van der Waals surface area contributed by atoms with Crippen LogP contribution in [0.2, 0.25) is 0 Å². The van der Waals surface area contributed by atoms with Crippen LogP contribution < -0.4 is 0 Å². The molecule has 0 aliphatic rings. The molecule has 0 bridgehead atoms. The number of hydrogen-bond donors (Lipinski definition) is 0. The van der Waals surface area contributed by atoms with E-state index in [1.165, 1.54) is 0 Å². The van der Waals surface area contributed by atoms with Gasteiger partial charge in [-0.05, 0) is 13.8 Å². The molecule has 0 unspecified atom stereocenters. The molecule has 0 radical (unpaired) electrons. The van der Waals surface area contributed by atoms with Crippen LogP contribution in [-0.2, 0) is 4.79 Å². The first-order chi connectivity index (χ1) is 6.93. The fourth-order valence-electron chi connectivity index (χ4n) is 0.885. The Morgan fingerprint density at radius 1 is 1.27 bits per heavy atom. The molecule has 0 aromatic heterocycles. The van der Waals surface area contributed by atoms with Crippen LogP contribution >= 0.6 is 15.9 Å². The van der Waals surface area contributed by atoms with E-state index in [0.29, 0.717) is 0 Å². The van der Waals surface area contributed by atoms with Gasteiger partial charge in [0.15, 0.2) is 0 Å². The summed E-state index contributed by atoms with van der Waals surface area (Å²) in [6, 6.07) is 0. The Morgan fingerprint density at radius 3 is 1.93 bits per heavy atom. The van der Waals surface area contributed by atoms with Crippen molar-refractivity contribution in [3.63, 3.8) is 0 Å². The second kappa shape index (κ2) is 6.71. The predicted molar refractivity (Wildman–Crippen MR) is 60.1 cm³/mol. The van der Waals surface area contributed by atoms with Gasteiger partial charge in [-0.3, -0.25) is 4.79 Å². The van der Waals surface area contributed by atoms with E-state index in [0.717, 1.165) is 4.90 Å². The second-order valence-corrected chi connectivity index (χ2v) is 3.84. The molecular weight excluding hydrogens is 268 g/mol. The van der Waals surface area contributed by atoms with Gasteiger partial charge in [-0.15, -0.1) is 0 Å². The number of carbonyl (C=O) groups excluding carboxylic acids is 1. The zero-order chi connectivity index (χ0) is 11.9. The monoisotopic (exact) mass is 281 g/mol. The number of alkyl halides is 3. The molecule has 0 aromatic rings. The summed E-state index contributed by atoms with van der Waals surface area (Å²) in [6.45, 7) is 3.90. The average molecular weight is 282 g/mol. The third-order valence-corrected chi connectivity index (χ3v) is 1.99. The molecule has 5 heteroatoms. The Hall–Kier alpha value is -0.710. The van der Waals surface area contributed by atoms with E-state index in [2.05, 4.69) is 15.9 Å². The van der Waals surface area contributed by atoms with Crippen LogP contribution in [0.4, 0.5) is 8.78 Å². The number of rotatable bonds is 5. The van der Waals surface area contributed by atoms with E-state index in [-0.39, 0.29) is 13.1 Å². The maximum Gasteiger partial charge on any atom is 0.378 e. The summed E-state index contributed by atoms with van der Waals surface area (Å²) in [7, 11) is 0. The van der Waals surface area contributed by atoms with Crippen molar-refractivity contribution in [1.82, 2.24) is 4.90 Å². The Kier molecular flexibility index (Phi) is 6.40. The molecule has 0 saturated heterocycles. The summed E-state index contributed by atoms with van der Waals surface area (Å²) in [5.41, 5.74) is 0. The first kappa shape index (κ1) is 14.3. The van der Waals surface area contributed by atoms with Crippen molar-refractivity contribution >= 4 is 21.8 Å². The third kappa shape index (κ3) is 5.67. The van der Waals surface area contributed by atoms with Crippen molar-refractivity contribution in [2.24, 2.45) is 0 Å². The largest absolute Gasteiger partial charge is 0.378 e. The Labute approximate surface area is 96.8 Å². The van der Waals surface area contributed by atoms with Gasteiger partial charge in [0.05, 0.1) is 0 Å². The lowest BCUT2D eigenvalue weighted by Gasteiger charge is -2.21. The summed E-state index contributed by atoms with van der Waals surface area (Å²) in [4.78, 5) is 8.81. The highest BCUT2D eigenvalue weighted by molar-refractivity contribution is 9.10. The number of halogens is 3. The minimum absolute atomic E-state index is 0.181. The van der Waals surface area contributed by atoms with E-state index in [1.54, 1.807) is 38.2 Å². The predicted octanol–water partition coefficient (Wildman–Crippen LogP) is 2.95. The van der Waals surface area contributed by atoms with Gasteiger partial charge in [0.1, 0.15) is 0 Å². The molecule has 0 aliphatic carbocycles. The fraction of sp³-hybridized carbons (Fsp3) is 0.500. The van der Waals surface area contributed by atoms with Gasteiger partial charge in [0.2, 0.25) is 0 Å². The van der Waals surface area contributed by atoms with Crippen molar-refractivity contribution in [3.8, 4) is 0 Å². The first-order valence-electron chi connectivity index (χ1n) is 4.51. The van der Waals surface area contributed by atoms with Crippen molar-refractivity contribution < 1.29 is 13.6 Å². The van der Waals surface area contributed by atoms with Gasteiger partial charge in [-0.2, -0.15) is 8.78 Å². The quantitative estimate of drug-likeness (QED) is 0.561. The molecule has 0 spiro atoms. The minimum atomic E-state index is -3.49. The molecule has 0 aliphatic heterocycles. The molecule has 86 valence electrons. The van der Waals surface area contributed by atoms with Gasteiger partial charge in [0, 0.05) is 29.0 Å². The number of carbonyl (C=O) groups is 1. The highest BCUT2D eigenvalue weighted by Crippen LogP contribution is 2.24. The van der Waals surface area contributed by atoms with E-state index >= 15 is 0 Å². The summed E-state index contributed by atoms with van der Waals surface area (Å²) in [5.74, 6) is -1.22. The molecule has 1 amide bonds. The maximum atomic E-state index is 12.7. The highest BCUT2D eigenvalue weighted by atomic mass is 79.9. The third-order valence-electron chi connectivity index (χ3n) is 1.65. The Morgan fingerprint density at radius 2 is 1.67 bits per heavy atom. The minimum Gasteiger partial charge on any atom is -0.329 e. The van der Waals surface area contributed by atoms with Crippen molar-refractivity contribution in [2.45, 2.75) is 18.7 Å². The summed E-state index contributed by atoms with van der Waals surface area (Å²) >= 11 is 2.06. The van der Waals surface area contributed by atoms with Gasteiger partial charge in [0.25, 0.3) is 0 Å². The van der Waals surface area contributed by atoms with Gasteiger partial charge >= 0.3 is 10.7 Å². The smallest absolute Gasteiger partial charge is 0.329 e. The first-order valence-corrected chi connectivity index (χ1v) is 5.31. The van der Waals surface area contributed by atoms with Gasteiger partial charge in [-0.25, -0.2) is 0 Å². The zero-order valence-corrected chi connectivity index (χ0v) is 10.3. The average Bonchev–Trinajstić information content (AvgIpc) is 2.16. The van der Waals surface area contributed by atoms with Crippen LogP contribution in [0.1, 0.15) is 13.8 Å². The Balaban J connectivity index is 4.54. The molecule has 2 nitrogen and oxygen atoms in total. The van der Waals surface area contributed by atoms with Crippen molar-refractivity contribution in [1.29, 1.82) is 0 Å². The lowest BCUT2D eigenvalue weighted by atomic mass is 10.4. The van der Waals surface area contributed by atoms with Crippen LogP contribution in [0.3, 0.4) is 0 Å². The fourth-order valence-corrected chi connectivity index (χ4v) is 1.14. The van der Waals surface area contributed by atoms with E-state index < -0.39 is 10.7 Å². The standard InChI is InChI=1S/C10H14BrF2NO/c1-3-5-7-14(8-6-4-2)9(15)10(11,12)13/h3-6H,7-8H2,1-2H3/b5-3+,6-4+. The topological polar surface area (TPSA) is 20.3 Å². The molecule has 0 N–H and O–H groups in total. The highest BCUT2D eigenvalue weighted by Gasteiger charge is 2.38. The maximum absolute atomic E-state index is 12.7. The van der Waals surface area contributed by atoms with E-state index in [9.17, 15) is 13.6 Å². The summed E-state index contributed by atoms with van der Waals surface area (Å²) in [6.07, 6.45) is 6.73. The molecular formula is C10H14BrF2NO. The van der Waals surface area contributed by atoms with E-state index in [4.69, 9.17) is 0 Å². The lowest BCUT2D eigenvalue weighted by Crippen LogP contribution is -2.40. The number of amides is 1. The van der Waals surface area contributed by atoms with Crippen molar-refractivity contribution in [3.05, 3.63) is 24.3 Å². The molecule has 15 heavy (non-hydrogen) atoms. The van der Waals surface area contributed by atoms with Crippen LogP contribution in [0, 0.1) is 0 Å². The molecule has 0 atom stereocenters. The van der Waals surface area contributed by atoms with Crippen molar-refractivity contribution in [2.75, 3.05) is 13.1 Å². The second-order valence-electron chi connectivity index (χ2n) is 2.85.